The lowest BCUT2D eigenvalue weighted by molar-refractivity contribution is -0.137. The van der Waals surface area contributed by atoms with E-state index in [1.165, 1.54) is 6.07 Å². The molecule has 1 saturated heterocycles. The van der Waals surface area contributed by atoms with Gasteiger partial charge in [-0.3, -0.25) is 4.99 Å². The molecular weight excluding hydrogens is 279 g/mol. The van der Waals surface area contributed by atoms with E-state index in [2.05, 4.69) is 10.3 Å². The van der Waals surface area contributed by atoms with E-state index in [1.54, 1.807) is 6.21 Å². The molecule has 0 radical (unpaired) electrons. The van der Waals surface area contributed by atoms with E-state index >= 15 is 0 Å². The Morgan fingerprint density at radius 3 is 2.89 bits per heavy atom. The van der Waals surface area contributed by atoms with E-state index in [9.17, 15) is 13.2 Å². The first-order valence-electron chi connectivity index (χ1n) is 5.89. The fourth-order valence-electron chi connectivity index (χ4n) is 2.43. The molecule has 1 N–H and O–H groups in total. The topological polar surface area (TPSA) is 27.6 Å². The molecule has 7 heteroatoms. The molecule has 0 unspecified atom stereocenters. The minimum atomic E-state index is -4.46. The van der Waals surface area contributed by atoms with Crippen molar-refractivity contribution >= 4 is 29.2 Å². The van der Waals surface area contributed by atoms with E-state index < -0.39 is 11.7 Å². The quantitative estimate of drug-likeness (QED) is 0.795. The maximum atomic E-state index is 12.8. The summed E-state index contributed by atoms with van der Waals surface area (Å²) in [6.07, 6.45) is -2.77. The molecule has 1 fully saturated rings. The van der Waals surface area contributed by atoms with E-state index in [-0.39, 0.29) is 11.1 Å². The molecule has 2 aliphatic heterocycles. The second kappa shape index (κ2) is 4.38. The highest BCUT2D eigenvalue weighted by atomic mass is 35.5. The van der Waals surface area contributed by atoms with Crippen LogP contribution >= 0.6 is 11.6 Å². The van der Waals surface area contributed by atoms with Gasteiger partial charge in [0.2, 0.25) is 0 Å². The fourth-order valence-corrected chi connectivity index (χ4v) is 2.69. The highest BCUT2D eigenvalue weighted by Gasteiger charge is 2.36. The summed E-state index contributed by atoms with van der Waals surface area (Å²) in [6.45, 7) is 2.26. The van der Waals surface area contributed by atoms with Gasteiger partial charge in [-0.05, 0) is 12.1 Å². The molecule has 0 aliphatic carbocycles. The second-order valence-corrected chi connectivity index (χ2v) is 4.97. The number of hydrogen-bond donors (Lipinski definition) is 1. The van der Waals surface area contributed by atoms with Crippen LogP contribution in [0.5, 0.6) is 0 Å². The zero-order valence-electron chi connectivity index (χ0n) is 9.84. The molecule has 0 spiro atoms. The lowest BCUT2D eigenvalue weighted by Gasteiger charge is -2.39. The molecular formula is C12H11ClF3N3. The van der Waals surface area contributed by atoms with Gasteiger partial charge >= 0.3 is 6.18 Å². The van der Waals surface area contributed by atoms with E-state index in [0.29, 0.717) is 11.4 Å². The summed E-state index contributed by atoms with van der Waals surface area (Å²) in [5, 5.41) is 2.94. The third-order valence-corrected chi connectivity index (χ3v) is 3.66. The molecule has 0 bridgehead atoms. The number of alkyl halides is 3. The first kappa shape index (κ1) is 12.7. The summed E-state index contributed by atoms with van der Waals surface area (Å²) < 4.78 is 38.4. The van der Waals surface area contributed by atoms with Crippen molar-refractivity contribution in [2.45, 2.75) is 12.2 Å². The Morgan fingerprint density at radius 1 is 1.37 bits per heavy atom. The summed E-state index contributed by atoms with van der Waals surface area (Å²) in [6, 6.07) is 2.47. The molecule has 102 valence electrons. The van der Waals surface area contributed by atoms with Gasteiger partial charge in [-0.25, -0.2) is 0 Å². The Bertz CT molecular complexity index is 542. The Balaban J connectivity index is 2.08. The maximum Gasteiger partial charge on any atom is 0.417 e. The minimum absolute atomic E-state index is 0.0778. The number of nitrogens with one attached hydrogen (secondary N) is 1. The Kier molecular flexibility index (Phi) is 2.94. The normalized spacial score (nSPS) is 22.1. The Labute approximate surface area is 113 Å². The van der Waals surface area contributed by atoms with E-state index in [0.717, 1.165) is 25.7 Å². The van der Waals surface area contributed by atoms with Crippen molar-refractivity contribution in [3.8, 4) is 0 Å². The first-order chi connectivity index (χ1) is 8.97. The van der Waals surface area contributed by atoms with Crippen LogP contribution in [0.4, 0.5) is 24.5 Å². The largest absolute Gasteiger partial charge is 0.417 e. The fraction of sp³-hybridized carbons (Fsp3) is 0.417. The number of aliphatic imine (C=N–C) groups is 1. The zero-order valence-corrected chi connectivity index (χ0v) is 10.6. The summed E-state index contributed by atoms with van der Waals surface area (Å²) in [5.41, 5.74) is 0.167. The van der Waals surface area contributed by atoms with Crippen molar-refractivity contribution < 1.29 is 13.2 Å². The second-order valence-electron chi connectivity index (χ2n) is 4.56. The third-order valence-electron chi connectivity index (χ3n) is 3.35. The molecule has 1 aromatic rings. The average molecular weight is 290 g/mol. The van der Waals surface area contributed by atoms with Crippen LogP contribution in [-0.2, 0) is 6.18 Å². The van der Waals surface area contributed by atoms with Crippen molar-refractivity contribution in [2.24, 2.45) is 4.99 Å². The van der Waals surface area contributed by atoms with Gasteiger partial charge in [0, 0.05) is 25.8 Å². The number of nitrogens with zero attached hydrogens (tertiary/aromatic N) is 2. The van der Waals surface area contributed by atoms with Crippen LogP contribution in [0, 0.1) is 0 Å². The van der Waals surface area contributed by atoms with Crippen LogP contribution in [-0.4, -0.2) is 31.9 Å². The lowest BCUT2D eigenvalue weighted by Crippen LogP contribution is -2.53. The Hall–Kier alpha value is -1.27. The van der Waals surface area contributed by atoms with Gasteiger partial charge in [-0.15, -0.1) is 0 Å². The average Bonchev–Trinajstić information content (AvgIpc) is 2.36. The molecule has 0 saturated carbocycles. The molecule has 3 rings (SSSR count). The molecule has 0 amide bonds. The summed E-state index contributed by atoms with van der Waals surface area (Å²) >= 11 is 5.76. The van der Waals surface area contributed by atoms with Crippen LogP contribution in [0.3, 0.4) is 0 Å². The molecule has 2 heterocycles. The number of benzene rings is 1. The standard InChI is InChI=1S/C12H11ClF3N3/c13-9-4-11-10(3-8(9)12(14,15)16)18-6-7-5-17-1-2-19(7)11/h3-4,6-7,17H,1-2,5H2/t7-/m0/s1. The number of halogens is 4. The van der Waals surface area contributed by atoms with Gasteiger partial charge in [0.1, 0.15) is 0 Å². The lowest BCUT2D eigenvalue weighted by atomic mass is 10.1. The molecule has 0 aromatic heterocycles. The summed E-state index contributed by atoms with van der Waals surface area (Å²) in [4.78, 5) is 6.16. The molecule has 1 aromatic carbocycles. The molecule has 19 heavy (non-hydrogen) atoms. The van der Waals surface area contributed by atoms with E-state index in [1.807, 2.05) is 4.90 Å². The van der Waals surface area contributed by atoms with E-state index in [4.69, 9.17) is 11.6 Å². The maximum absolute atomic E-state index is 12.8. The smallest absolute Gasteiger partial charge is 0.359 e. The van der Waals surface area contributed by atoms with Crippen LogP contribution in [0.25, 0.3) is 0 Å². The summed E-state index contributed by atoms with van der Waals surface area (Å²) in [5.74, 6) is 0. The van der Waals surface area contributed by atoms with Crippen molar-refractivity contribution in [1.82, 2.24) is 5.32 Å². The van der Waals surface area contributed by atoms with Crippen molar-refractivity contribution in [2.75, 3.05) is 24.5 Å². The number of anilines is 1. The molecule has 3 nitrogen and oxygen atoms in total. The van der Waals surface area contributed by atoms with Crippen molar-refractivity contribution in [1.29, 1.82) is 0 Å². The predicted molar refractivity (Wildman–Crippen MR) is 68.6 cm³/mol. The van der Waals surface area contributed by atoms with Crippen LogP contribution < -0.4 is 10.2 Å². The number of piperazine rings is 1. The number of fused-ring (bicyclic) bond motifs is 3. The summed E-state index contributed by atoms with van der Waals surface area (Å²) in [7, 11) is 0. The van der Waals surface area contributed by atoms with Gasteiger partial charge in [-0.1, -0.05) is 11.6 Å². The molecule has 2 aliphatic rings. The van der Waals surface area contributed by atoms with Gasteiger partial charge in [-0.2, -0.15) is 13.2 Å². The Morgan fingerprint density at radius 2 is 2.16 bits per heavy atom. The highest BCUT2D eigenvalue weighted by molar-refractivity contribution is 6.32. The minimum Gasteiger partial charge on any atom is -0.359 e. The van der Waals surface area contributed by atoms with Gasteiger partial charge in [0.05, 0.1) is 28.0 Å². The highest BCUT2D eigenvalue weighted by Crippen LogP contribution is 2.43. The predicted octanol–water partition coefficient (Wildman–Crippen LogP) is 2.85. The SMILES string of the molecule is FC(F)(F)c1cc2c(cc1Cl)N1CCNC[C@H]1C=N2. The molecule has 1 atom stereocenters. The van der Waals surface area contributed by atoms with Gasteiger partial charge in [0.25, 0.3) is 0 Å². The monoisotopic (exact) mass is 289 g/mol. The van der Waals surface area contributed by atoms with Crippen molar-refractivity contribution in [3.05, 3.63) is 22.7 Å². The van der Waals surface area contributed by atoms with Gasteiger partial charge in [0.15, 0.2) is 0 Å². The van der Waals surface area contributed by atoms with Crippen LogP contribution in [0.2, 0.25) is 5.02 Å². The van der Waals surface area contributed by atoms with Crippen LogP contribution in [0.15, 0.2) is 17.1 Å². The first-order valence-corrected chi connectivity index (χ1v) is 6.27. The third kappa shape index (κ3) is 2.19. The van der Waals surface area contributed by atoms with Gasteiger partial charge < -0.3 is 10.2 Å². The zero-order chi connectivity index (χ0) is 13.6. The van der Waals surface area contributed by atoms with Crippen molar-refractivity contribution in [3.63, 3.8) is 0 Å². The number of rotatable bonds is 0. The number of hydrogen-bond acceptors (Lipinski definition) is 3. The van der Waals surface area contributed by atoms with Crippen LogP contribution in [0.1, 0.15) is 5.56 Å².